The fourth-order valence-corrected chi connectivity index (χ4v) is 3.12. The van der Waals surface area contributed by atoms with E-state index in [1.165, 1.54) is 11.3 Å². The van der Waals surface area contributed by atoms with Crippen LogP contribution < -0.4 is 0 Å². The summed E-state index contributed by atoms with van der Waals surface area (Å²) in [5.74, 6) is -3.26. The van der Waals surface area contributed by atoms with Crippen molar-refractivity contribution in [1.82, 2.24) is 0 Å². The number of thiophene rings is 1. The van der Waals surface area contributed by atoms with Crippen molar-refractivity contribution in [2.75, 3.05) is 0 Å². The van der Waals surface area contributed by atoms with E-state index in [1.807, 2.05) is 6.07 Å². The molecule has 2 heterocycles. The number of hydrogen-bond donors (Lipinski definition) is 1. The fraction of sp³-hybridized carbons (Fsp3) is 0.250. The van der Waals surface area contributed by atoms with Gasteiger partial charge in [-0.3, -0.25) is 0 Å². The van der Waals surface area contributed by atoms with E-state index >= 15 is 0 Å². The summed E-state index contributed by atoms with van der Waals surface area (Å²) in [6.45, 7) is 0. The Bertz CT molecular complexity index is 821. The predicted octanol–water partition coefficient (Wildman–Crippen LogP) is 3.59. The second kappa shape index (κ2) is 5.92. The molecule has 8 heteroatoms. The number of oxime groups is 1. The van der Waals surface area contributed by atoms with Crippen molar-refractivity contribution in [3.05, 3.63) is 57.3 Å². The summed E-state index contributed by atoms with van der Waals surface area (Å²) < 4.78 is 38.1. The van der Waals surface area contributed by atoms with Crippen LogP contribution in [0.15, 0.2) is 41.6 Å². The summed E-state index contributed by atoms with van der Waals surface area (Å²) in [6, 6.07) is 12.5. The van der Waals surface area contributed by atoms with E-state index in [0.29, 0.717) is 16.9 Å². The van der Waals surface area contributed by atoms with Gasteiger partial charge in [0, 0.05) is 11.3 Å². The molecule has 0 radical (unpaired) electrons. The monoisotopic (exact) mass is 352 g/mol. The van der Waals surface area contributed by atoms with E-state index in [2.05, 4.69) is 16.1 Å². The van der Waals surface area contributed by atoms with Gasteiger partial charge >= 0.3 is 12.0 Å². The van der Waals surface area contributed by atoms with Crippen LogP contribution in [0, 0.1) is 11.3 Å². The predicted molar refractivity (Wildman–Crippen MR) is 81.5 cm³/mol. The molecule has 0 saturated heterocycles. The van der Waals surface area contributed by atoms with Crippen LogP contribution in [0.25, 0.3) is 0 Å². The molecular weight excluding hydrogens is 341 g/mol. The quantitative estimate of drug-likeness (QED) is 0.918. The molecule has 3 rings (SSSR count). The van der Waals surface area contributed by atoms with Crippen LogP contribution in [0.5, 0.6) is 0 Å². The van der Waals surface area contributed by atoms with Crippen LogP contribution in [-0.4, -0.2) is 22.8 Å². The highest BCUT2D eigenvalue weighted by molar-refractivity contribution is 7.12. The summed E-state index contributed by atoms with van der Waals surface area (Å²) in [6.07, 6.45) is -5.02. The highest BCUT2D eigenvalue weighted by Gasteiger charge is 2.60. The highest BCUT2D eigenvalue weighted by atomic mass is 32.1. The molecule has 0 spiro atoms. The number of hydrogen-bond acceptors (Lipinski definition) is 5. The number of rotatable bonds is 3. The Morgan fingerprint density at radius 3 is 2.50 bits per heavy atom. The Hall–Kier alpha value is -2.37. The summed E-state index contributed by atoms with van der Waals surface area (Å²) >= 11 is 1.40. The first-order chi connectivity index (χ1) is 11.3. The molecule has 1 atom stereocenters. The second-order valence-corrected chi connectivity index (χ2v) is 6.51. The van der Waals surface area contributed by atoms with Gasteiger partial charge in [0.25, 0.3) is 0 Å². The Morgan fingerprint density at radius 2 is 1.96 bits per heavy atom. The average Bonchev–Trinajstić information content (AvgIpc) is 3.15. The number of alkyl halides is 3. The molecule has 0 fully saturated rings. The van der Waals surface area contributed by atoms with Gasteiger partial charge in [0.15, 0.2) is 0 Å². The molecule has 24 heavy (non-hydrogen) atoms. The van der Waals surface area contributed by atoms with Gasteiger partial charge in [-0.2, -0.15) is 18.4 Å². The van der Waals surface area contributed by atoms with E-state index in [4.69, 9.17) is 5.26 Å². The third-order valence-corrected chi connectivity index (χ3v) is 4.58. The number of halogens is 3. The molecular formula is C16H11F3N2O2S. The maximum Gasteiger partial charge on any atom is 0.458 e. The third-order valence-electron chi connectivity index (χ3n) is 3.59. The molecule has 1 aliphatic heterocycles. The van der Waals surface area contributed by atoms with E-state index in [1.54, 1.807) is 30.3 Å². The summed E-state index contributed by atoms with van der Waals surface area (Å²) in [5, 5.41) is 21.6. The van der Waals surface area contributed by atoms with Crippen molar-refractivity contribution in [3.8, 4) is 6.07 Å². The second-order valence-electron chi connectivity index (χ2n) is 5.34. The van der Waals surface area contributed by atoms with Crippen molar-refractivity contribution in [2.45, 2.75) is 24.8 Å². The maximum absolute atomic E-state index is 12.7. The Kier molecular flexibility index (Phi) is 4.07. The van der Waals surface area contributed by atoms with E-state index in [0.717, 1.165) is 10.4 Å². The molecule has 1 aliphatic rings. The van der Waals surface area contributed by atoms with Gasteiger partial charge in [0.1, 0.15) is 10.9 Å². The number of aliphatic hydroxyl groups is 1. The fourth-order valence-electron chi connectivity index (χ4n) is 2.28. The van der Waals surface area contributed by atoms with Crippen molar-refractivity contribution in [2.24, 2.45) is 5.16 Å². The van der Waals surface area contributed by atoms with Crippen molar-refractivity contribution in [1.29, 1.82) is 5.26 Å². The minimum absolute atomic E-state index is 0.0456. The molecule has 0 bridgehead atoms. The smallest absolute Gasteiger partial charge is 0.350 e. The Morgan fingerprint density at radius 1 is 1.25 bits per heavy atom. The van der Waals surface area contributed by atoms with Crippen LogP contribution in [0.1, 0.15) is 27.3 Å². The minimum atomic E-state index is -4.91. The molecule has 0 amide bonds. The van der Waals surface area contributed by atoms with Gasteiger partial charge in [-0.15, -0.1) is 11.3 Å². The molecule has 1 aromatic heterocycles. The lowest BCUT2D eigenvalue weighted by Gasteiger charge is -2.22. The van der Waals surface area contributed by atoms with Crippen molar-refractivity contribution >= 4 is 17.0 Å². The average molecular weight is 352 g/mol. The summed E-state index contributed by atoms with van der Waals surface area (Å²) in [5.41, 5.74) is 1.46. The molecule has 4 nitrogen and oxygen atoms in total. The Balaban J connectivity index is 1.70. The normalized spacial score (nSPS) is 20.4. The summed E-state index contributed by atoms with van der Waals surface area (Å²) in [4.78, 5) is 5.85. The van der Waals surface area contributed by atoms with E-state index in [9.17, 15) is 18.3 Å². The van der Waals surface area contributed by atoms with Crippen LogP contribution in [0.4, 0.5) is 13.2 Å². The molecule has 1 unspecified atom stereocenters. The maximum atomic E-state index is 12.7. The molecule has 0 aliphatic carbocycles. The molecule has 124 valence electrons. The number of nitriles is 1. The van der Waals surface area contributed by atoms with Crippen LogP contribution in [0.3, 0.4) is 0 Å². The molecule has 1 aromatic carbocycles. The van der Waals surface area contributed by atoms with Crippen molar-refractivity contribution < 1.29 is 23.1 Å². The summed E-state index contributed by atoms with van der Waals surface area (Å²) in [7, 11) is 0. The SMILES string of the molecule is N#Cc1ccc(Cc2ccc(C3=NOC(O)(C(F)(F)F)C3)cc2)s1. The molecule has 0 saturated carbocycles. The minimum Gasteiger partial charge on any atom is -0.350 e. The topological polar surface area (TPSA) is 65.6 Å². The van der Waals surface area contributed by atoms with Crippen LogP contribution in [-0.2, 0) is 11.3 Å². The van der Waals surface area contributed by atoms with E-state index < -0.39 is 18.4 Å². The van der Waals surface area contributed by atoms with Gasteiger partial charge in [0.05, 0.1) is 12.1 Å². The first-order valence-electron chi connectivity index (χ1n) is 6.93. The van der Waals surface area contributed by atoms with Crippen molar-refractivity contribution in [3.63, 3.8) is 0 Å². The third kappa shape index (κ3) is 3.13. The highest BCUT2D eigenvalue weighted by Crippen LogP contribution is 2.38. The van der Waals surface area contributed by atoms with Gasteiger partial charge in [0.2, 0.25) is 0 Å². The largest absolute Gasteiger partial charge is 0.458 e. The first kappa shape index (κ1) is 16.5. The standard InChI is InChI=1S/C16H11F3N2O2S/c17-16(18,19)15(22)8-14(21-23-15)11-3-1-10(2-4-11)7-12-5-6-13(9-20)24-12/h1-6,22H,7-8H2. The van der Waals surface area contributed by atoms with Gasteiger partial charge in [-0.25, -0.2) is 0 Å². The van der Waals surface area contributed by atoms with Crippen LogP contribution in [0.2, 0.25) is 0 Å². The first-order valence-corrected chi connectivity index (χ1v) is 7.75. The zero-order valence-electron chi connectivity index (χ0n) is 12.2. The van der Waals surface area contributed by atoms with Gasteiger partial charge < -0.3 is 9.94 Å². The lowest BCUT2D eigenvalue weighted by atomic mass is 10.0. The zero-order chi connectivity index (χ0) is 17.4. The van der Waals surface area contributed by atoms with E-state index in [-0.39, 0.29) is 5.71 Å². The van der Waals surface area contributed by atoms with Gasteiger partial charge in [-0.05, 0) is 23.3 Å². The molecule has 2 aromatic rings. The number of benzene rings is 1. The van der Waals surface area contributed by atoms with Gasteiger partial charge in [-0.1, -0.05) is 29.4 Å². The zero-order valence-corrected chi connectivity index (χ0v) is 13.0. The van der Waals surface area contributed by atoms with Crippen LogP contribution >= 0.6 is 11.3 Å². The lowest BCUT2D eigenvalue weighted by molar-refractivity contribution is -0.355. The Labute approximate surface area is 139 Å². The lowest BCUT2D eigenvalue weighted by Crippen LogP contribution is -2.45. The number of nitrogens with zero attached hydrogens (tertiary/aromatic N) is 2. The molecule has 1 N–H and O–H groups in total.